The molecule has 9 nitrogen and oxygen atoms in total. The van der Waals surface area contributed by atoms with Gasteiger partial charge in [0.15, 0.2) is 4.77 Å². The molecule has 0 bridgehead atoms. The van der Waals surface area contributed by atoms with Gasteiger partial charge in [-0.3, -0.25) is 14.6 Å². The van der Waals surface area contributed by atoms with Crippen LogP contribution in [0.3, 0.4) is 0 Å². The summed E-state index contributed by atoms with van der Waals surface area (Å²) in [5.74, 6) is -2.16. The molecule has 0 radical (unpaired) electrons. The Morgan fingerprint density at radius 3 is 2.48 bits per heavy atom. The van der Waals surface area contributed by atoms with Gasteiger partial charge in [0.05, 0.1) is 38.8 Å². The number of H-pyrrole nitrogens is 2. The van der Waals surface area contributed by atoms with Crippen LogP contribution in [0.25, 0.3) is 0 Å². The third-order valence-corrected chi connectivity index (χ3v) is 2.54. The number of aromatic nitrogens is 2. The highest BCUT2D eigenvalue weighted by Crippen LogP contribution is 1.88. The molecular formula is C11H16N4O5S. The zero-order valence-electron chi connectivity index (χ0n) is 11.1. The van der Waals surface area contributed by atoms with Crippen molar-refractivity contribution in [3.8, 4) is 0 Å². The zero-order valence-corrected chi connectivity index (χ0v) is 12.0. The summed E-state index contributed by atoms with van der Waals surface area (Å²) in [6.07, 6.45) is 0. The summed E-state index contributed by atoms with van der Waals surface area (Å²) in [5, 5.41) is 14.3. The van der Waals surface area contributed by atoms with E-state index in [-0.39, 0.29) is 10.5 Å². The third kappa shape index (κ3) is 7.34. The van der Waals surface area contributed by atoms with Crippen LogP contribution in [0.5, 0.6) is 0 Å². The number of nitrogens with one attached hydrogen (secondary N) is 3. The molecule has 0 saturated carbocycles. The number of carboxylic acid groups (broad SMARTS) is 1. The van der Waals surface area contributed by atoms with Crippen LogP contribution in [-0.2, 0) is 9.53 Å². The van der Waals surface area contributed by atoms with Crippen LogP contribution in [0, 0.1) is 4.77 Å². The monoisotopic (exact) mass is 316 g/mol. The van der Waals surface area contributed by atoms with Gasteiger partial charge in [-0.15, -0.1) is 0 Å². The maximum atomic E-state index is 11.2. The molecule has 1 aliphatic heterocycles. The van der Waals surface area contributed by atoms with E-state index in [0.717, 1.165) is 32.4 Å². The van der Waals surface area contributed by atoms with Crippen molar-refractivity contribution in [2.24, 2.45) is 0 Å². The number of hydrogen-bond acceptors (Lipinski definition) is 6. The lowest BCUT2D eigenvalue weighted by molar-refractivity contribution is -0.670. The second kappa shape index (κ2) is 9.00. The summed E-state index contributed by atoms with van der Waals surface area (Å²) in [6.45, 7) is 3.56. The van der Waals surface area contributed by atoms with Crippen molar-refractivity contribution in [2.75, 3.05) is 32.8 Å². The van der Waals surface area contributed by atoms with Crippen molar-refractivity contribution in [3.63, 3.8) is 0 Å². The van der Waals surface area contributed by atoms with E-state index in [2.05, 4.69) is 27.5 Å². The molecule has 0 unspecified atom stereocenters. The van der Waals surface area contributed by atoms with E-state index in [0.29, 0.717) is 0 Å². The van der Waals surface area contributed by atoms with Crippen LogP contribution in [0.15, 0.2) is 10.9 Å². The first-order valence-electron chi connectivity index (χ1n) is 6.20. The van der Waals surface area contributed by atoms with Crippen LogP contribution < -0.4 is 21.3 Å². The van der Waals surface area contributed by atoms with Crippen LogP contribution in [0.2, 0.25) is 0 Å². The number of nitrogens with two attached hydrogens (primary N) is 1. The molecule has 1 aliphatic rings. The average Bonchev–Trinajstić information content (AvgIpc) is 2.46. The molecule has 0 atom stereocenters. The maximum absolute atomic E-state index is 11.2. The van der Waals surface area contributed by atoms with E-state index >= 15 is 0 Å². The van der Waals surface area contributed by atoms with E-state index in [4.69, 9.17) is 4.74 Å². The highest BCUT2D eigenvalue weighted by atomic mass is 32.1. The fourth-order valence-corrected chi connectivity index (χ4v) is 1.63. The topological polar surface area (TPSA) is 144 Å². The van der Waals surface area contributed by atoms with Gasteiger partial charge in [-0.1, -0.05) is 0 Å². The number of quaternary nitrogens is 1. The van der Waals surface area contributed by atoms with Crippen molar-refractivity contribution >= 4 is 24.1 Å². The molecule has 1 saturated heterocycles. The summed E-state index contributed by atoms with van der Waals surface area (Å²) >= 11 is 4.62. The molecule has 5 N–H and O–H groups in total. The van der Waals surface area contributed by atoms with Gasteiger partial charge >= 0.3 is 0 Å². The number of carboxylic acids is 1. The lowest BCUT2D eigenvalue weighted by Gasteiger charge is -2.07. The average molecular weight is 316 g/mol. The van der Waals surface area contributed by atoms with E-state index < -0.39 is 24.0 Å². The number of carbonyl (C=O) groups is 2. The number of carbonyl (C=O) groups excluding carboxylic acids is 2. The second-order valence-corrected chi connectivity index (χ2v) is 4.44. The van der Waals surface area contributed by atoms with E-state index in [9.17, 15) is 19.5 Å². The smallest absolute Gasteiger partial charge is 0.268 e. The predicted molar refractivity (Wildman–Crippen MR) is 72.1 cm³/mol. The Morgan fingerprint density at radius 2 is 2.05 bits per heavy atom. The third-order valence-electron chi connectivity index (χ3n) is 2.33. The van der Waals surface area contributed by atoms with Crippen molar-refractivity contribution < 1.29 is 24.7 Å². The van der Waals surface area contributed by atoms with Gasteiger partial charge in [0.2, 0.25) is 0 Å². The zero-order chi connectivity index (χ0) is 15.7. The van der Waals surface area contributed by atoms with Crippen LogP contribution in [-0.4, -0.2) is 54.7 Å². The molecule has 1 fully saturated rings. The van der Waals surface area contributed by atoms with Crippen molar-refractivity contribution in [2.45, 2.75) is 0 Å². The first kappa shape index (κ1) is 17.0. The number of hydrogen-bond donors (Lipinski definition) is 4. The van der Waals surface area contributed by atoms with Gasteiger partial charge in [-0.2, -0.15) is 0 Å². The molecule has 0 aliphatic carbocycles. The van der Waals surface area contributed by atoms with Gasteiger partial charge < -0.3 is 30.3 Å². The SMILES string of the molecule is C1COCC[NH2+]1.O=C([O-])CNC(=O)c1cc(=O)[nH]c(=S)[nH]1. The largest absolute Gasteiger partial charge is 0.548 e. The molecule has 2 rings (SSSR count). The highest BCUT2D eigenvalue weighted by Gasteiger charge is 2.05. The Morgan fingerprint density at radius 1 is 1.38 bits per heavy atom. The van der Waals surface area contributed by atoms with Crippen molar-refractivity contribution in [1.29, 1.82) is 0 Å². The molecule has 0 aromatic carbocycles. The molecule has 1 amide bonds. The Kier molecular flexibility index (Phi) is 7.29. The van der Waals surface area contributed by atoms with Crippen molar-refractivity contribution in [1.82, 2.24) is 15.3 Å². The number of ether oxygens (including phenoxy) is 1. The number of amides is 1. The fraction of sp³-hybridized carbons (Fsp3) is 0.455. The van der Waals surface area contributed by atoms with Crippen LogP contribution in [0.4, 0.5) is 0 Å². The molecule has 0 spiro atoms. The van der Waals surface area contributed by atoms with Gasteiger partial charge in [0.1, 0.15) is 5.69 Å². The highest BCUT2D eigenvalue weighted by molar-refractivity contribution is 7.71. The van der Waals surface area contributed by atoms with Crippen molar-refractivity contribution in [3.05, 3.63) is 26.9 Å². The minimum Gasteiger partial charge on any atom is -0.548 e. The van der Waals surface area contributed by atoms with Gasteiger partial charge in [0.25, 0.3) is 11.5 Å². The number of rotatable bonds is 3. The Balaban J connectivity index is 0.000000304. The molecule has 10 heteroatoms. The Labute approximate surface area is 124 Å². The lowest BCUT2D eigenvalue weighted by atomic mass is 10.4. The van der Waals surface area contributed by atoms with Crippen LogP contribution >= 0.6 is 12.2 Å². The summed E-state index contributed by atoms with van der Waals surface area (Å²) < 4.78 is 5.03. The summed E-state index contributed by atoms with van der Waals surface area (Å²) in [7, 11) is 0. The Hall–Kier alpha value is -2.04. The summed E-state index contributed by atoms with van der Waals surface area (Å²) in [4.78, 5) is 36.8. The van der Waals surface area contributed by atoms with Gasteiger partial charge in [-0.05, 0) is 12.2 Å². The maximum Gasteiger partial charge on any atom is 0.268 e. The Bertz CT molecular complexity index is 553. The predicted octanol–water partition coefficient (Wildman–Crippen LogP) is -3.51. The second-order valence-electron chi connectivity index (χ2n) is 4.03. The lowest BCUT2D eigenvalue weighted by Crippen LogP contribution is -2.87. The fourth-order valence-electron chi connectivity index (χ4n) is 1.42. The van der Waals surface area contributed by atoms with Crippen LogP contribution in [0.1, 0.15) is 10.5 Å². The summed E-state index contributed by atoms with van der Waals surface area (Å²) in [5.41, 5.74) is -0.651. The number of aliphatic carboxylic acids is 1. The van der Waals surface area contributed by atoms with E-state index in [1.807, 2.05) is 5.32 Å². The van der Waals surface area contributed by atoms with Gasteiger partial charge in [-0.25, -0.2) is 0 Å². The molecule has 1 aromatic rings. The quantitative estimate of drug-likeness (QED) is 0.426. The number of morpholine rings is 1. The summed E-state index contributed by atoms with van der Waals surface area (Å²) in [6, 6.07) is 0.973. The first-order chi connectivity index (χ1) is 9.99. The number of aromatic amines is 2. The first-order valence-corrected chi connectivity index (χ1v) is 6.61. The standard InChI is InChI=1S/C7H7N3O4S.C4H9NO/c11-4-1-3(9-7(15)10-4)6(14)8-2-5(12)13;1-3-6-4-2-5-1/h1H,2H2,(H,8,14)(H,12,13)(H2,9,10,11,15);5H,1-4H2. The molecule has 116 valence electrons. The van der Waals surface area contributed by atoms with Gasteiger partial charge in [0, 0.05) is 6.07 Å². The van der Waals surface area contributed by atoms with E-state index in [1.165, 1.54) is 0 Å². The minimum absolute atomic E-state index is 0.0129. The minimum atomic E-state index is -1.42. The normalized spacial score (nSPS) is 13.7. The van der Waals surface area contributed by atoms with E-state index in [1.54, 1.807) is 0 Å². The molecule has 1 aromatic heterocycles. The molecular weight excluding hydrogens is 300 g/mol. The molecule has 2 heterocycles. The molecule has 21 heavy (non-hydrogen) atoms.